The average molecular weight is 332 g/mol. The van der Waals surface area contributed by atoms with Crippen molar-refractivity contribution in [2.75, 3.05) is 13.6 Å². The number of furan rings is 1. The van der Waals surface area contributed by atoms with Gasteiger partial charge in [0.05, 0.1) is 5.88 Å². The molecule has 21 heavy (non-hydrogen) atoms. The van der Waals surface area contributed by atoms with Crippen LogP contribution in [0.3, 0.4) is 0 Å². The van der Waals surface area contributed by atoms with Gasteiger partial charge in [0.1, 0.15) is 16.4 Å². The summed E-state index contributed by atoms with van der Waals surface area (Å²) < 4.78 is 32.3. The fourth-order valence-corrected chi connectivity index (χ4v) is 5.58. The summed E-state index contributed by atoms with van der Waals surface area (Å²) in [6.07, 6.45) is 5.07. The Morgan fingerprint density at radius 3 is 2.67 bits per heavy atom. The first kappa shape index (κ1) is 15.4. The summed E-state index contributed by atoms with van der Waals surface area (Å²) in [7, 11) is -1.81. The third-order valence-corrected chi connectivity index (χ3v) is 7.31. The van der Waals surface area contributed by atoms with Crippen LogP contribution in [0.2, 0.25) is 0 Å². The minimum absolute atomic E-state index is 0.187. The molecule has 0 amide bonds. The summed E-state index contributed by atoms with van der Waals surface area (Å²) in [5, 5.41) is 0. The number of rotatable bonds is 5. The molecule has 0 aliphatic heterocycles. The molecule has 2 aliphatic rings. The second kappa shape index (κ2) is 5.60. The van der Waals surface area contributed by atoms with Crippen LogP contribution in [0.5, 0.6) is 0 Å². The molecule has 0 radical (unpaired) electrons. The molecular weight excluding hydrogens is 310 g/mol. The molecule has 4 nitrogen and oxygen atoms in total. The van der Waals surface area contributed by atoms with Crippen molar-refractivity contribution in [1.29, 1.82) is 0 Å². The quantitative estimate of drug-likeness (QED) is 0.777. The Morgan fingerprint density at radius 1 is 1.38 bits per heavy atom. The molecule has 2 aliphatic carbocycles. The number of hydrogen-bond donors (Lipinski definition) is 0. The van der Waals surface area contributed by atoms with Gasteiger partial charge in [-0.15, -0.1) is 11.6 Å². The van der Waals surface area contributed by atoms with Crippen LogP contribution in [-0.4, -0.2) is 26.3 Å². The van der Waals surface area contributed by atoms with E-state index in [1.165, 1.54) is 30.0 Å². The number of hydrogen-bond acceptors (Lipinski definition) is 3. The predicted molar refractivity (Wildman–Crippen MR) is 81.8 cm³/mol. The molecule has 2 saturated carbocycles. The van der Waals surface area contributed by atoms with E-state index in [2.05, 4.69) is 0 Å². The van der Waals surface area contributed by atoms with E-state index in [0.717, 1.165) is 11.8 Å². The lowest BCUT2D eigenvalue weighted by Gasteiger charge is -2.26. The van der Waals surface area contributed by atoms with Crippen molar-refractivity contribution in [2.24, 2.45) is 17.8 Å². The van der Waals surface area contributed by atoms with Crippen molar-refractivity contribution in [1.82, 2.24) is 4.31 Å². The zero-order chi connectivity index (χ0) is 15.2. The fourth-order valence-electron chi connectivity index (χ4n) is 4.04. The molecule has 1 aromatic heterocycles. The molecule has 118 valence electrons. The molecular formula is C15H22ClNO3S. The SMILES string of the molecule is Cc1oc(CCl)cc1S(=O)(=O)N(C)CC1CC2CCC1C2. The van der Waals surface area contributed by atoms with Gasteiger partial charge >= 0.3 is 0 Å². The van der Waals surface area contributed by atoms with Gasteiger partial charge in [-0.05, 0) is 43.9 Å². The van der Waals surface area contributed by atoms with E-state index < -0.39 is 10.0 Å². The van der Waals surface area contributed by atoms with Crippen LogP contribution >= 0.6 is 11.6 Å². The largest absolute Gasteiger partial charge is 0.464 e. The van der Waals surface area contributed by atoms with E-state index in [0.29, 0.717) is 24.0 Å². The van der Waals surface area contributed by atoms with Crippen LogP contribution in [0.4, 0.5) is 0 Å². The Balaban J connectivity index is 1.76. The highest BCUT2D eigenvalue weighted by molar-refractivity contribution is 7.89. The van der Waals surface area contributed by atoms with E-state index >= 15 is 0 Å². The molecule has 0 N–H and O–H groups in total. The molecule has 3 unspecified atom stereocenters. The van der Waals surface area contributed by atoms with Gasteiger partial charge in [-0.1, -0.05) is 6.42 Å². The lowest BCUT2D eigenvalue weighted by atomic mass is 9.89. The Hall–Kier alpha value is -0.520. The first-order valence-electron chi connectivity index (χ1n) is 7.53. The van der Waals surface area contributed by atoms with E-state index in [1.54, 1.807) is 20.0 Å². The second-order valence-electron chi connectivity index (χ2n) is 6.49. The first-order chi connectivity index (χ1) is 9.91. The van der Waals surface area contributed by atoms with Crippen LogP contribution < -0.4 is 0 Å². The number of alkyl halides is 1. The van der Waals surface area contributed by atoms with Crippen LogP contribution in [0.25, 0.3) is 0 Å². The third-order valence-electron chi connectivity index (χ3n) is 5.12. The third kappa shape index (κ3) is 2.76. The topological polar surface area (TPSA) is 50.5 Å². The van der Waals surface area contributed by atoms with E-state index in [1.807, 2.05) is 0 Å². The molecule has 0 saturated heterocycles. The van der Waals surface area contributed by atoms with Gasteiger partial charge < -0.3 is 4.42 Å². The van der Waals surface area contributed by atoms with Crippen LogP contribution in [0, 0.1) is 24.7 Å². The lowest BCUT2D eigenvalue weighted by Crippen LogP contribution is -2.33. The molecule has 1 aromatic rings. The number of nitrogens with zero attached hydrogens (tertiary/aromatic N) is 1. The van der Waals surface area contributed by atoms with Crippen molar-refractivity contribution < 1.29 is 12.8 Å². The van der Waals surface area contributed by atoms with Crippen molar-refractivity contribution in [3.63, 3.8) is 0 Å². The average Bonchev–Trinajstić information content (AvgIpc) is 3.13. The first-order valence-corrected chi connectivity index (χ1v) is 9.51. The molecule has 3 atom stereocenters. The number of sulfonamides is 1. The molecule has 0 aromatic carbocycles. The van der Waals surface area contributed by atoms with Gasteiger partial charge in [-0.25, -0.2) is 12.7 Å². The smallest absolute Gasteiger partial charge is 0.246 e. The van der Waals surface area contributed by atoms with Gasteiger partial charge in [0.25, 0.3) is 0 Å². The van der Waals surface area contributed by atoms with Gasteiger partial charge in [0, 0.05) is 19.7 Å². The van der Waals surface area contributed by atoms with Crippen LogP contribution in [-0.2, 0) is 15.9 Å². The van der Waals surface area contributed by atoms with Gasteiger partial charge in [-0.2, -0.15) is 0 Å². The fraction of sp³-hybridized carbons (Fsp3) is 0.733. The minimum atomic E-state index is -3.48. The van der Waals surface area contributed by atoms with Crippen molar-refractivity contribution in [3.05, 3.63) is 17.6 Å². The maximum absolute atomic E-state index is 12.7. The van der Waals surface area contributed by atoms with Crippen molar-refractivity contribution in [3.8, 4) is 0 Å². The summed E-state index contributed by atoms with van der Waals surface area (Å²) in [6.45, 7) is 2.29. The standard InChI is InChI=1S/C15H22ClNO3S/c1-10-15(7-14(8-16)20-10)21(18,19)17(2)9-13-6-11-3-4-12(13)5-11/h7,11-13H,3-6,8-9H2,1-2H3. The van der Waals surface area contributed by atoms with E-state index in [4.69, 9.17) is 16.0 Å². The van der Waals surface area contributed by atoms with E-state index in [-0.39, 0.29) is 10.8 Å². The molecule has 3 rings (SSSR count). The highest BCUT2D eigenvalue weighted by atomic mass is 35.5. The summed E-state index contributed by atoms with van der Waals surface area (Å²) >= 11 is 5.72. The molecule has 2 fully saturated rings. The second-order valence-corrected chi connectivity index (χ2v) is 8.77. The van der Waals surface area contributed by atoms with Crippen molar-refractivity contribution >= 4 is 21.6 Å². The Labute approximate surface area is 131 Å². The normalized spacial score (nSPS) is 28.7. The maximum atomic E-state index is 12.7. The van der Waals surface area contributed by atoms with E-state index in [9.17, 15) is 8.42 Å². The van der Waals surface area contributed by atoms with Gasteiger partial charge in [0.15, 0.2) is 0 Å². The zero-order valence-corrected chi connectivity index (χ0v) is 14.1. The molecule has 0 spiro atoms. The lowest BCUT2D eigenvalue weighted by molar-refractivity contribution is 0.280. The van der Waals surface area contributed by atoms with Gasteiger partial charge in [0.2, 0.25) is 10.0 Å². The number of fused-ring (bicyclic) bond motifs is 2. The predicted octanol–water partition coefficient (Wildman–Crippen LogP) is 3.38. The number of halogens is 1. The monoisotopic (exact) mass is 331 g/mol. The van der Waals surface area contributed by atoms with Crippen molar-refractivity contribution in [2.45, 2.75) is 43.4 Å². The zero-order valence-electron chi connectivity index (χ0n) is 12.5. The minimum Gasteiger partial charge on any atom is -0.464 e. The highest BCUT2D eigenvalue weighted by Crippen LogP contribution is 2.48. The highest BCUT2D eigenvalue weighted by Gasteiger charge is 2.41. The Kier molecular flexibility index (Phi) is 4.10. The Bertz CT molecular complexity index is 625. The molecule has 1 heterocycles. The summed E-state index contributed by atoms with van der Waals surface area (Å²) in [5.41, 5.74) is 0. The summed E-state index contributed by atoms with van der Waals surface area (Å²) in [6, 6.07) is 1.55. The van der Waals surface area contributed by atoms with Gasteiger partial charge in [-0.3, -0.25) is 0 Å². The van der Waals surface area contributed by atoms with Crippen LogP contribution in [0.1, 0.15) is 37.2 Å². The molecule has 6 heteroatoms. The summed E-state index contributed by atoms with van der Waals surface area (Å²) in [4.78, 5) is 0.254. The van der Waals surface area contributed by atoms with Crippen LogP contribution in [0.15, 0.2) is 15.4 Å². The molecule has 2 bridgehead atoms. The Morgan fingerprint density at radius 2 is 2.14 bits per heavy atom. The number of aryl methyl sites for hydroxylation is 1. The summed E-state index contributed by atoms with van der Waals surface area (Å²) in [5.74, 6) is 3.17. The maximum Gasteiger partial charge on any atom is 0.246 e.